The molecule has 0 aliphatic carbocycles. The lowest BCUT2D eigenvalue weighted by Crippen LogP contribution is -2.41. The number of benzene rings is 1. The Balaban J connectivity index is 1.71. The molecular formula is C16H19N3O4. The topological polar surface area (TPSA) is 84.4 Å². The van der Waals surface area contributed by atoms with Gasteiger partial charge in [0, 0.05) is 19.1 Å². The fourth-order valence-corrected chi connectivity index (χ4v) is 3.12. The van der Waals surface area contributed by atoms with E-state index in [1.807, 2.05) is 24.3 Å². The Bertz CT molecular complexity index is 784. The van der Waals surface area contributed by atoms with Crippen molar-refractivity contribution in [2.75, 3.05) is 20.2 Å². The average molecular weight is 317 g/mol. The van der Waals surface area contributed by atoms with Gasteiger partial charge in [0.15, 0.2) is 0 Å². The number of para-hydroxylation sites is 2. The molecule has 1 N–H and O–H groups in total. The molecule has 0 bridgehead atoms. The van der Waals surface area contributed by atoms with E-state index in [1.54, 1.807) is 9.47 Å². The highest BCUT2D eigenvalue weighted by atomic mass is 16.5. The number of nitrogens with one attached hydrogen (secondary N) is 1. The standard InChI is InChI=1S/C16H19N3O4/c1-23-15(21)10-14(20)18-8-6-11(7-9-18)19-13-5-3-2-4-12(13)17-16(19)22/h2-5,11H,6-10H2,1H3,(H,17,22). The number of esters is 1. The number of carbonyl (C=O) groups is 2. The number of aromatic nitrogens is 2. The van der Waals surface area contributed by atoms with Crippen LogP contribution in [0.4, 0.5) is 0 Å². The Morgan fingerprint density at radius 3 is 2.65 bits per heavy atom. The molecule has 0 radical (unpaired) electrons. The van der Waals surface area contributed by atoms with E-state index in [-0.39, 0.29) is 24.1 Å². The van der Waals surface area contributed by atoms with Crippen LogP contribution in [0.5, 0.6) is 0 Å². The van der Waals surface area contributed by atoms with Crippen LogP contribution in [-0.2, 0) is 14.3 Å². The number of methoxy groups -OCH3 is 1. The number of H-pyrrole nitrogens is 1. The number of carbonyl (C=O) groups excluding carboxylic acids is 2. The summed E-state index contributed by atoms with van der Waals surface area (Å²) in [5, 5.41) is 0. The van der Waals surface area contributed by atoms with Crippen LogP contribution in [0.2, 0.25) is 0 Å². The summed E-state index contributed by atoms with van der Waals surface area (Å²) in [4.78, 5) is 39.9. The van der Waals surface area contributed by atoms with E-state index in [0.717, 1.165) is 11.0 Å². The second-order valence-electron chi connectivity index (χ2n) is 5.68. The molecule has 1 aliphatic rings. The maximum absolute atomic E-state index is 12.2. The van der Waals surface area contributed by atoms with Gasteiger partial charge >= 0.3 is 11.7 Å². The summed E-state index contributed by atoms with van der Waals surface area (Å²) in [7, 11) is 1.27. The lowest BCUT2D eigenvalue weighted by atomic mass is 10.0. The van der Waals surface area contributed by atoms with Gasteiger partial charge in [0.2, 0.25) is 5.91 Å². The van der Waals surface area contributed by atoms with Crippen LogP contribution in [0.15, 0.2) is 29.1 Å². The Kier molecular flexibility index (Phi) is 4.18. The first-order valence-corrected chi connectivity index (χ1v) is 7.64. The number of nitrogens with zero attached hydrogens (tertiary/aromatic N) is 2. The summed E-state index contributed by atoms with van der Waals surface area (Å²) < 4.78 is 6.29. The molecule has 122 valence electrons. The van der Waals surface area contributed by atoms with Crippen molar-refractivity contribution in [3.05, 3.63) is 34.7 Å². The maximum atomic E-state index is 12.2. The molecule has 1 amide bonds. The van der Waals surface area contributed by atoms with Crippen LogP contribution in [0.1, 0.15) is 25.3 Å². The molecule has 0 saturated carbocycles. The summed E-state index contributed by atoms with van der Waals surface area (Å²) in [6, 6.07) is 7.64. The second-order valence-corrected chi connectivity index (χ2v) is 5.68. The first-order valence-electron chi connectivity index (χ1n) is 7.64. The lowest BCUT2D eigenvalue weighted by molar-refractivity contribution is -0.147. The quantitative estimate of drug-likeness (QED) is 0.677. The van der Waals surface area contributed by atoms with Gasteiger partial charge in [-0.3, -0.25) is 14.2 Å². The molecule has 23 heavy (non-hydrogen) atoms. The number of hydrogen-bond acceptors (Lipinski definition) is 4. The fourth-order valence-electron chi connectivity index (χ4n) is 3.12. The monoisotopic (exact) mass is 317 g/mol. The zero-order chi connectivity index (χ0) is 16.4. The molecule has 1 fully saturated rings. The average Bonchev–Trinajstić information content (AvgIpc) is 2.90. The molecule has 7 heteroatoms. The van der Waals surface area contributed by atoms with Gasteiger partial charge in [0.1, 0.15) is 6.42 Å². The minimum atomic E-state index is -0.523. The lowest BCUT2D eigenvalue weighted by Gasteiger charge is -2.32. The van der Waals surface area contributed by atoms with Crippen LogP contribution in [-0.4, -0.2) is 46.5 Å². The number of ether oxygens (including phenoxy) is 1. The third-order valence-electron chi connectivity index (χ3n) is 4.33. The van der Waals surface area contributed by atoms with E-state index in [0.29, 0.717) is 25.9 Å². The van der Waals surface area contributed by atoms with Gasteiger partial charge in [-0.15, -0.1) is 0 Å². The molecule has 3 rings (SSSR count). The van der Waals surface area contributed by atoms with Crippen molar-refractivity contribution in [1.82, 2.24) is 14.5 Å². The second kappa shape index (κ2) is 6.28. The third-order valence-corrected chi connectivity index (χ3v) is 4.33. The smallest absolute Gasteiger partial charge is 0.326 e. The molecule has 2 aromatic rings. The minimum Gasteiger partial charge on any atom is -0.469 e. The molecule has 7 nitrogen and oxygen atoms in total. The van der Waals surface area contributed by atoms with E-state index < -0.39 is 5.97 Å². The number of hydrogen-bond donors (Lipinski definition) is 1. The molecule has 1 aliphatic heterocycles. The summed E-state index contributed by atoms with van der Waals surface area (Å²) in [6.07, 6.45) is 1.15. The van der Waals surface area contributed by atoms with E-state index >= 15 is 0 Å². The summed E-state index contributed by atoms with van der Waals surface area (Å²) in [5.41, 5.74) is 1.59. The summed E-state index contributed by atoms with van der Waals surface area (Å²) in [5.74, 6) is -0.744. The predicted octanol–water partition coefficient (Wildman–Crippen LogP) is 1.06. The van der Waals surface area contributed by atoms with Crippen molar-refractivity contribution in [2.24, 2.45) is 0 Å². The predicted molar refractivity (Wildman–Crippen MR) is 84.0 cm³/mol. The van der Waals surface area contributed by atoms with Gasteiger partial charge in [-0.2, -0.15) is 0 Å². The van der Waals surface area contributed by atoms with Crippen molar-refractivity contribution in [1.29, 1.82) is 0 Å². The van der Waals surface area contributed by atoms with E-state index in [1.165, 1.54) is 7.11 Å². The highest BCUT2D eigenvalue weighted by Crippen LogP contribution is 2.25. The molecule has 1 aromatic heterocycles. The summed E-state index contributed by atoms with van der Waals surface area (Å²) >= 11 is 0. The van der Waals surface area contributed by atoms with Gasteiger partial charge in [0.05, 0.1) is 18.1 Å². The van der Waals surface area contributed by atoms with E-state index in [9.17, 15) is 14.4 Å². The number of fused-ring (bicyclic) bond motifs is 1. The van der Waals surface area contributed by atoms with Crippen LogP contribution >= 0.6 is 0 Å². The number of amides is 1. The van der Waals surface area contributed by atoms with E-state index in [4.69, 9.17) is 0 Å². The molecule has 0 spiro atoms. The van der Waals surface area contributed by atoms with Crippen LogP contribution in [0.3, 0.4) is 0 Å². The highest BCUT2D eigenvalue weighted by Gasteiger charge is 2.26. The van der Waals surface area contributed by atoms with Crippen molar-refractivity contribution >= 4 is 22.9 Å². The maximum Gasteiger partial charge on any atom is 0.326 e. The molecule has 1 aromatic carbocycles. The zero-order valence-electron chi connectivity index (χ0n) is 12.9. The molecule has 1 saturated heterocycles. The van der Waals surface area contributed by atoms with E-state index in [2.05, 4.69) is 9.72 Å². The van der Waals surface area contributed by atoms with Crippen molar-refractivity contribution < 1.29 is 14.3 Å². The first kappa shape index (κ1) is 15.3. The van der Waals surface area contributed by atoms with Gasteiger partial charge in [-0.25, -0.2) is 4.79 Å². The Labute approximate surface area is 132 Å². The van der Waals surface area contributed by atoms with Gasteiger partial charge < -0.3 is 14.6 Å². The number of imidazole rings is 1. The largest absolute Gasteiger partial charge is 0.469 e. The van der Waals surface area contributed by atoms with Crippen LogP contribution in [0, 0.1) is 0 Å². The molecular weight excluding hydrogens is 298 g/mol. The number of likely N-dealkylation sites (tertiary alicyclic amines) is 1. The Morgan fingerprint density at radius 2 is 1.96 bits per heavy atom. The number of piperidine rings is 1. The molecule has 2 heterocycles. The van der Waals surface area contributed by atoms with Crippen molar-refractivity contribution in [3.63, 3.8) is 0 Å². The van der Waals surface area contributed by atoms with Crippen molar-refractivity contribution in [3.8, 4) is 0 Å². The normalized spacial score (nSPS) is 15.8. The summed E-state index contributed by atoms with van der Waals surface area (Å²) in [6.45, 7) is 1.07. The fraction of sp³-hybridized carbons (Fsp3) is 0.438. The van der Waals surface area contributed by atoms with Crippen LogP contribution in [0.25, 0.3) is 11.0 Å². The molecule has 0 unspecified atom stereocenters. The zero-order valence-corrected chi connectivity index (χ0v) is 12.9. The SMILES string of the molecule is COC(=O)CC(=O)N1CCC(n2c(=O)[nH]c3ccccc32)CC1. The molecule has 0 atom stereocenters. The highest BCUT2D eigenvalue weighted by molar-refractivity contribution is 5.94. The first-order chi connectivity index (χ1) is 11.1. The number of rotatable bonds is 3. The van der Waals surface area contributed by atoms with Gasteiger partial charge in [0.25, 0.3) is 0 Å². The van der Waals surface area contributed by atoms with Crippen molar-refractivity contribution in [2.45, 2.75) is 25.3 Å². The Morgan fingerprint density at radius 1 is 1.26 bits per heavy atom. The minimum absolute atomic E-state index is 0.0563. The number of aromatic amines is 1. The van der Waals surface area contributed by atoms with Gasteiger partial charge in [-0.1, -0.05) is 12.1 Å². The Hall–Kier alpha value is -2.57. The third kappa shape index (κ3) is 2.99. The van der Waals surface area contributed by atoms with Gasteiger partial charge in [-0.05, 0) is 25.0 Å². The van der Waals surface area contributed by atoms with Crippen LogP contribution < -0.4 is 5.69 Å².